The minimum atomic E-state index is -0.499. The molecule has 1 aromatic carbocycles. The Hall–Kier alpha value is -2.83. The summed E-state index contributed by atoms with van der Waals surface area (Å²) in [6, 6.07) is 5.31. The molecular weight excluding hydrogens is 320 g/mol. The zero-order valence-electron chi connectivity index (χ0n) is 14.7. The maximum absolute atomic E-state index is 12.2. The van der Waals surface area contributed by atoms with Crippen molar-refractivity contribution in [1.29, 1.82) is 0 Å². The van der Waals surface area contributed by atoms with E-state index >= 15 is 0 Å². The van der Waals surface area contributed by atoms with Crippen LogP contribution in [0.3, 0.4) is 0 Å². The van der Waals surface area contributed by atoms with Crippen LogP contribution in [0.4, 0.5) is 11.4 Å². The number of hydrogen-bond donors (Lipinski definition) is 1. The number of nitrogens with zero attached hydrogens (tertiary/aromatic N) is 3. The summed E-state index contributed by atoms with van der Waals surface area (Å²) < 4.78 is 7.56. The van der Waals surface area contributed by atoms with Crippen molar-refractivity contribution in [1.82, 2.24) is 9.55 Å². The van der Waals surface area contributed by atoms with Crippen LogP contribution in [-0.4, -0.2) is 34.5 Å². The van der Waals surface area contributed by atoms with Crippen molar-refractivity contribution >= 4 is 23.2 Å². The summed E-state index contributed by atoms with van der Waals surface area (Å²) in [4.78, 5) is 30.0. The SMILES string of the molecule is CCc1nccn1CCC(=O)Nc1ccc2c(c1)N(C)C(=O)C(C)O2. The van der Waals surface area contributed by atoms with Crippen LogP contribution in [0, 0.1) is 0 Å². The summed E-state index contributed by atoms with van der Waals surface area (Å²) in [7, 11) is 1.71. The number of ether oxygens (including phenoxy) is 1. The molecule has 3 rings (SSSR count). The molecule has 0 saturated carbocycles. The lowest BCUT2D eigenvalue weighted by molar-refractivity contribution is -0.125. The minimum Gasteiger partial charge on any atom is -0.479 e. The van der Waals surface area contributed by atoms with Crippen molar-refractivity contribution in [3.63, 3.8) is 0 Å². The van der Waals surface area contributed by atoms with Gasteiger partial charge in [0.15, 0.2) is 6.10 Å². The van der Waals surface area contributed by atoms with Crippen molar-refractivity contribution in [2.75, 3.05) is 17.3 Å². The molecule has 1 aliphatic heterocycles. The molecular formula is C18H22N4O3. The van der Waals surface area contributed by atoms with Crippen LogP contribution in [0.1, 0.15) is 26.1 Å². The van der Waals surface area contributed by atoms with Crippen LogP contribution in [0.2, 0.25) is 0 Å². The molecule has 0 spiro atoms. The molecule has 0 fully saturated rings. The summed E-state index contributed by atoms with van der Waals surface area (Å²) in [6.45, 7) is 4.34. The number of carbonyl (C=O) groups is 2. The third-order valence-corrected chi connectivity index (χ3v) is 4.28. The second kappa shape index (κ2) is 6.96. The fourth-order valence-corrected chi connectivity index (χ4v) is 2.89. The maximum Gasteiger partial charge on any atom is 0.267 e. The molecule has 2 amide bonds. The first-order valence-electron chi connectivity index (χ1n) is 8.37. The first kappa shape index (κ1) is 17.0. The standard InChI is InChI=1S/C18H22N4O3/c1-4-16-19-8-10-22(16)9-7-17(23)20-13-5-6-15-14(11-13)21(3)18(24)12(2)25-15/h5-6,8,10-12H,4,7,9H2,1-3H3,(H,20,23). The van der Waals surface area contributed by atoms with E-state index in [9.17, 15) is 9.59 Å². The average Bonchev–Trinajstić information content (AvgIpc) is 3.06. The lowest BCUT2D eigenvalue weighted by Crippen LogP contribution is -2.41. The number of fused-ring (bicyclic) bond motifs is 1. The molecule has 1 aliphatic rings. The molecule has 1 unspecified atom stereocenters. The summed E-state index contributed by atoms with van der Waals surface area (Å²) in [5.41, 5.74) is 1.30. The van der Waals surface area contributed by atoms with Crippen molar-refractivity contribution in [3.05, 3.63) is 36.4 Å². The van der Waals surface area contributed by atoms with Crippen molar-refractivity contribution in [3.8, 4) is 5.75 Å². The molecule has 1 atom stereocenters. The molecule has 2 heterocycles. The summed E-state index contributed by atoms with van der Waals surface area (Å²) in [5.74, 6) is 1.41. The number of anilines is 2. The Morgan fingerprint density at radius 3 is 2.96 bits per heavy atom. The first-order valence-corrected chi connectivity index (χ1v) is 8.37. The molecule has 2 aromatic rings. The fourth-order valence-electron chi connectivity index (χ4n) is 2.89. The average molecular weight is 342 g/mol. The third-order valence-electron chi connectivity index (χ3n) is 4.28. The van der Waals surface area contributed by atoms with E-state index in [1.165, 1.54) is 0 Å². The largest absolute Gasteiger partial charge is 0.479 e. The van der Waals surface area contributed by atoms with E-state index < -0.39 is 6.10 Å². The topological polar surface area (TPSA) is 76.5 Å². The van der Waals surface area contributed by atoms with Gasteiger partial charge in [-0.25, -0.2) is 4.98 Å². The summed E-state index contributed by atoms with van der Waals surface area (Å²) >= 11 is 0. The van der Waals surface area contributed by atoms with Crippen LogP contribution in [0.25, 0.3) is 0 Å². The van der Waals surface area contributed by atoms with Crippen LogP contribution in [0.5, 0.6) is 5.75 Å². The summed E-state index contributed by atoms with van der Waals surface area (Å²) in [5, 5.41) is 2.87. The van der Waals surface area contributed by atoms with E-state index in [2.05, 4.69) is 10.3 Å². The predicted molar refractivity (Wildman–Crippen MR) is 94.8 cm³/mol. The Labute approximate surface area is 146 Å². The summed E-state index contributed by atoms with van der Waals surface area (Å²) in [6.07, 6.45) is 4.31. The van der Waals surface area contributed by atoms with Crippen LogP contribution >= 0.6 is 0 Å². The fraction of sp³-hybridized carbons (Fsp3) is 0.389. The molecule has 0 bridgehead atoms. The Morgan fingerprint density at radius 1 is 1.40 bits per heavy atom. The number of hydrogen-bond acceptors (Lipinski definition) is 4. The van der Waals surface area contributed by atoms with Gasteiger partial charge in [0.25, 0.3) is 5.91 Å². The van der Waals surface area contributed by atoms with Gasteiger partial charge in [-0.2, -0.15) is 0 Å². The number of rotatable bonds is 5. The predicted octanol–water partition coefficient (Wildman–Crippen LogP) is 2.22. The number of aromatic nitrogens is 2. The van der Waals surface area contributed by atoms with Gasteiger partial charge in [-0.15, -0.1) is 0 Å². The van der Waals surface area contributed by atoms with Gasteiger partial charge in [0.1, 0.15) is 11.6 Å². The third kappa shape index (κ3) is 3.50. The molecule has 0 saturated heterocycles. The van der Waals surface area contributed by atoms with Gasteiger partial charge in [-0.1, -0.05) is 6.92 Å². The van der Waals surface area contributed by atoms with E-state index in [0.717, 1.165) is 12.2 Å². The van der Waals surface area contributed by atoms with Gasteiger partial charge >= 0.3 is 0 Å². The second-order valence-corrected chi connectivity index (χ2v) is 6.03. The number of aryl methyl sites for hydroxylation is 2. The van der Waals surface area contributed by atoms with Gasteiger partial charge < -0.3 is 19.5 Å². The van der Waals surface area contributed by atoms with Crippen molar-refractivity contribution in [2.24, 2.45) is 0 Å². The molecule has 132 valence electrons. The lowest BCUT2D eigenvalue weighted by atomic mass is 10.2. The lowest BCUT2D eigenvalue weighted by Gasteiger charge is -2.30. The molecule has 0 radical (unpaired) electrons. The van der Waals surface area contributed by atoms with Crippen LogP contribution in [0.15, 0.2) is 30.6 Å². The number of amides is 2. The Bertz CT molecular complexity index is 799. The number of likely N-dealkylation sites (N-methyl/N-ethyl adjacent to an activating group) is 1. The molecule has 7 nitrogen and oxygen atoms in total. The quantitative estimate of drug-likeness (QED) is 0.904. The van der Waals surface area contributed by atoms with E-state index in [-0.39, 0.29) is 11.8 Å². The Morgan fingerprint density at radius 2 is 2.20 bits per heavy atom. The van der Waals surface area contributed by atoms with Gasteiger partial charge in [-0.05, 0) is 25.1 Å². The second-order valence-electron chi connectivity index (χ2n) is 6.03. The van der Waals surface area contributed by atoms with Gasteiger partial charge in [0.05, 0.1) is 5.69 Å². The van der Waals surface area contributed by atoms with Gasteiger partial charge in [0, 0.05) is 44.5 Å². The van der Waals surface area contributed by atoms with Crippen molar-refractivity contribution < 1.29 is 14.3 Å². The number of carbonyl (C=O) groups excluding carboxylic acids is 2. The highest BCUT2D eigenvalue weighted by Crippen LogP contribution is 2.35. The number of benzene rings is 1. The zero-order chi connectivity index (χ0) is 18.0. The van der Waals surface area contributed by atoms with Crippen molar-refractivity contribution in [2.45, 2.75) is 39.3 Å². The van der Waals surface area contributed by atoms with E-state index in [0.29, 0.717) is 30.1 Å². The number of imidazole rings is 1. The Balaban J connectivity index is 1.65. The van der Waals surface area contributed by atoms with E-state index in [1.54, 1.807) is 43.3 Å². The molecule has 25 heavy (non-hydrogen) atoms. The van der Waals surface area contributed by atoms with Gasteiger partial charge in [0.2, 0.25) is 5.91 Å². The highest BCUT2D eigenvalue weighted by molar-refractivity contribution is 6.00. The molecule has 7 heteroatoms. The smallest absolute Gasteiger partial charge is 0.267 e. The van der Waals surface area contributed by atoms with Gasteiger partial charge in [-0.3, -0.25) is 9.59 Å². The first-order chi connectivity index (χ1) is 12.0. The zero-order valence-corrected chi connectivity index (χ0v) is 14.7. The van der Waals surface area contributed by atoms with E-state index in [4.69, 9.17) is 4.74 Å². The minimum absolute atomic E-state index is 0.0882. The number of nitrogens with one attached hydrogen (secondary N) is 1. The highest BCUT2D eigenvalue weighted by atomic mass is 16.5. The molecule has 0 aliphatic carbocycles. The van der Waals surface area contributed by atoms with Crippen LogP contribution in [-0.2, 0) is 22.6 Å². The monoisotopic (exact) mass is 342 g/mol. The molecule has 1 aromatic heterocycles. The normalized spacial score (nSPS) is 16.4. The Kier molecular flexibility index (Phi) is 4.74. The molecule has 1 N–H and O–H groups in total. The maximum atomic E-state index is 12.2. The highest BCUT2D eigenvalue weighted by Gasteiger charge is 2.29. The van der Waals surface area contributed by atoms with Crippen LogP contribution < -0.4 is 15.0 Å². The van der Waals surface area contributed by atoms with E-state index in [1.807, 2.05) is 17.7 Å².